The molecule has 2 rings (SSSR count). The highest BCUT2D eigenvalue weighted by Crippen LogP contribution is 2.11. The molecule has 2 aromatic rings. The summed E-state index contributed by atoms with van der Waals surface area (Å²) in [5.41, 5.74) is 7.84. The molecule has 3 heteroatoms. The van der Waals surface area contributed by atoms with Crippen molar-refractivity contribution >= 4 is 0 Å². The summed E-state index contributed by atoms with van der Waals surface area (Å²) in [5.74, 6) is -0.247. The summed E-state index contributed by atoms with van der Waals surface area (Å²) in [6.07, 6.45) is 0. The first-order chi connectivity index (χ1) is 8.75. The summed E-state index contributed by atoms with van der Waals surface area (Å²) < 4.78 is 18.4. The van der Waals surface area contributed by atoms with E-state index in [-0.39, 0.29) is 11.9 Å². The first-order valence-corrected chi connectivity index (χ1v) is 5.88. The third-order valence-corrected chi connectivity index (χ3v) is 2.68. The van der Waals surface area contributed by atoms with E-state index in [0.29, 0.717) is 13.2 Å². The third kappa shape index (κ3) is 3.65. The van der Waals surface area contributed by atoms with Crippen LogP contribution in [0.5, 0.6) is 0 Å². The third-order valence-electron chi connectivity index (χ3n) is 2.68. The maximum atomic E-state index is 12.9. The van der Waals surface area contributed by atoms with Gasteiger partial charge in [0.25, 0.3) is 0 Å². The maximum absolute atomic E-state index is 12.9. The van der Waals surface area contributed by atoms with Crippen LogP contribution in [-0.4, -0.2) is 6.61 Å². The molecule has 18 heavy (non-hydrogen) atoms. The van der Waals surface area contributed by atoms with Gasteiger partial charge < -0.3 is 10.5 Å². The zero-order valence-corrected chi connectivity index (χ0v) is 10.1. The first kappa shape index (κ1) is 12.7. The lowest BCUT2D eigenvalue weighted by atomic mass is 10.1. The molecule has 2 nitrogen and oxygen atoms in total. The van der Waals surface area contributed by atoms with Crippen molar-refractivity contribution in [2.24, 2.45) is 5.73 Å². The zero-order valence-electron chi connectivity index (χ0n) is 10.1. The van der Waals surface area contributed by atoms with Crippen molar-refractivity contribution in [3.63, 3.8) is 0 Å². The molecule has 0 spiro atoms. The molecule has 0 fully saturated rings. The van der Waals surface area contributed by atoms with Crippen LogP contribution >= 0.6 is 0 Å². The van der Waals surface area contributed by atoms with Crippen molar-refractivity contribution in [2.45, 2.75) is 12.6 Å². The molecule has 2 N–H and O–H groups in total. The van der Waals surface area contributed by atoms with Gasteiger partial charge >= 0.3 is 0 Å². The Balaban J connectivity index is 1.82. The molecule has 0 saturated carbocycles. The summed E-state index contributed by atoms with van der Waals surface area (Å²) >= 11 is 0. The summed E-state index contributed by atoms with van der Waals surface area (Å²) in [4.78, 5) is 0. The largest absolute Gasteiger partial charge is 0.375 e. The molecule has 0 radical (unpaired) electrons. The molecule has 0 aromatic heterocycles. The van der Waals surface area contributed by atoms with Gasteiger partial charge in [-0.2, -0.15) is 0 Å². The molecular weight excluding hydrogens is 229 g/mol. The number of ether oxygens (including phenoxy) is 1. The average Bonchev–Trinajstić information content (AvgIpc) is 2.40. The Labute approximate surface area is 106 Å². The van der Waals surface area contributed by atoms with Gasteiger partial charge in [-0.1, -0.05) is 42.5 Å². The molecule has 2 aromatic carbocycles. The van der Waals surface area contributed by atoms with Crippen LogP contribution < -0.4 is 5.73 Å². The van der Waals surface area contributed by atoms with E-state index >= 15 is 0 Å². The van der Waals surface area contributed by atoms with Crippen molar-refractivity contribution in [1.82, 2.24) is 0 Å². The second kappa shape index (κ2) is 6.28. The maximum Gasteiger partial charge on any atom is 0.123 e. The second-order valence-corrected chi connectivity index (χ2v) is 4.16. The monoisotopic (exact) mass is 245 g/mol. The second-order valence-electron chi connectivity index (χ2n) is 4.16. The molecule has 0 bridgehead atoms. The van der Waals surface area contributed by atoms with E-state index in [4.69, 9.17) is 10.5 Å². The lowest BCUT2D eigenvalue weighted by Gasteiger charge is -2.12. The highest BCUT2D eigenvalue weighted by Gasteiger charge is 2.05. The van der Waals surface area contributed by atoms with Gasteiger partial charge in [0.1, 0.15) is 5.82 Å². The van der Waals surface area contributed by atoms with Crippen molar-refractivity contribution in [1.29, 1.82) is 0 Å². The van der Waals surface area contributed by atoms with E-state index < -0.39 is 0 Å². The molecule has 0 aliphatic carbocycles. The Hall–Kier alpha value is -1.71. The Morgan fingerprint density at radius 2 is 1.83 bits per heavy atom. The summed E-state index contributed by atoms with van der Waals surface area (Å²) in [7, 11) is 0. The van der Waals surface area contributed by atoms with E-state index in [1.165, 1.54) is 12.1 Å². The quantitative estimate of drug-likeness (QED) is 0.878. The number of hydrogen-bond donors (Lipinski definition) is 1. The van der Waals surface area contributed by atoms with E-state index in [2.05, 4.69) is 0 Å². The van der Waals surface area contributed by atoms with Crippen molar-refractivity contribution in [2.75, 3.05) is 6.61 Å². The van der Waals surface area contributed by atoms with Crippen molar-refractivity contribution in [3.05, 3.63) is 71.5 Å². The number of nitrogens with two attached hydrogens (primary N) is 1. The highest BCUT2D eigenvalue weighted by molar-refractivity contribution is 5.18. The number of rotatable bonds is 5. The van der Waals surface area contributed by atoms with Crippen LogP contribution in [0.3, 0.4) is 0 Å². The Bertz CT molecular complexity index is 487. The molecular formula is C15H16FNO. The predicted octanol–water partition coefficient (Wildman–Crippen LogP) is 3.04. The fraction of sp³-hybridized carbons (Fsp3) is 0.200. The standard InChI is InChI=1S/C15H16FNO/c16-14-8-4-5-12(9-14)10-18-11-15(17)13-6-2-1-3-7-13/h1-9,15H,10-11,17H2/t15-/m0/s1. The normalized spacial score (nSPS) is 12.3. The molecule has 94 valence electrons. The predicted molar refractivity (Wildman–Crippen MR) is 69.4 cm³/mol. The minimum atomic E-state index is -0.247. The van der Waals surface area contributed by atoms with Gasteiger partial charge in [0.05, 0.1) is 19.3 Å². The van der Waals surface area contributed by atoms with E-state index in [1.54, 1.807) is 6.07 Å². The summed E-state index contributed by atoms with van der Waals surface area (Å²) in [6.45, 7) is 0.790. The van der Waals surface area contributed by atoms with Gasteiger partial charge in [0.15, 0.2) is 0 Å². The van der Waals surface area contributed by atoms with Gasteiger partial charge in [0.2, 0.25) is 0 Å². The van der Waals surface area contributed by atoms with E-state index in [9.17, 15) is 4.39 Å². The van der Waals surface area contributed by atoms with Gasteiger partial charge in [0, 0.05) is 0 Å². The van der Waals surface area contributed by atoms with Crippen LogP contribution in [0.1, 0.15) is 17.2 Å². The van der Waals surface area contributed by atoms with Crippen LogP contribution in [0.25, 0.3) is 0 Å². The van der Waals surface area contributed by atoms with Crippen LogP contribution in [0.2, 0.25) is 0 Å². The fourth-order valence-corrected chi connectivity index (χ4v) is 1.73. The van der Waals surface area contributed by atoms with Crippen molar-refractivity contribution < 1.29 is 9.13 Å². The molecule has 0 unspecified atom stereocenters. The van der Waals surface area contributed by atoms with Crippen molar-refractivity contribution in [3.8, 4) is 0 Å². The molecule has 0 heterocycles. The Morgan fingerprint density at radius 3 is 2.56 bits per heavy atom. The van der Waals surface area contributed by atoms with E-state index in [1.807, 2.05) is 36.4 Å². The molecule has 0 aliphatic heterocycles. The molecule has 0 amide bonds. The van der Waals surface area contributed by atoms with Crippen LogP contribution in [0.15, 0.2) is 54.6 Å². The smallest absolute Gasteiger partial charge is 0.123 e. The Kier molecular flexibility index (Phi) is 4.45. The molecule has 0 saturated heterocycles. The highest BCUT2D eigenvalue weighted by atomic mass is 19.1. The van der Waals surface area contributed by atoms with Gasteiger partial charge in [-0.3, -0.25) is 0 Å². The minimum Gasteiger partial charge on any atom is -0.375 e. The number of hydrogen-bond acceptors (Lipinski definition) is 2. The zero-order chi connectivity index (χ0) is 12.8. The first-order valence-electron chi connectivity index (χ1n) is 5.88. The topological polar surface area (TPSA) is 35.2 Å². The summed E-state index contributed by atoms with van der Waals surface area (Å²) in [5, 5.41) is 0. The number of benzene rings is 2. The average molecular weight is 245 g/mol. The minimum absolute atomic E-state index is 0.153. The molecule has 1 atom stereocenters. The fourth-order valence-electron chi connectivity index (χ4n) is 1.73. The lowest BCUT2D eigenvalue weighted by molar-refractivity contribution is 0.108. The van der Waals surface area contributed by atoms with Crippen LogP contribution in [0, 0.1) is 5.82 Å². The van der Waals surface area contributed by atoms with Gasteiger partial charge in [-0.25, -0.2) is 4.39 Å². The van der Waals surface area contributed by atoms with Crippen LogP contribution in [0.4, 0.5) is 4.39 Å². The van der Waals surface area contributed by atoms with E-state index in [0.717, 1.165) is 11.1 Å². The van der Waals surface area contributed by atoms with Gasteiger partial charge in [-0.15, -0.1) is 0 Å². The lowest BCUT2D eigenvalue weighted by Crippen LogP contribution is -2.16. The number of halogens is 1. The molecule has 0 aliphatic rings. The SMILES string of the molecule is N[C@@H](COCc1cccc(F)c1)c1ccccc1. The Morgan fingerprint density at radius 1 is 1.06 bits per heavy atom. The summed E-state index contributed by atoms with van der Waals surface area (Å²) in [6, 6.07) is 16.0. The van der Waals surface area contributed by atoms with Crippen LogP contribution in [-0.2, 0) is 11.3 Å². The van der Waals surface area contributed by atoms with Gasteiger partial charge in [-0.05, 0) is 23.3 Å².